The molecule has 7 heteroatoms. The molecule has 150 valence electrons. The number of rotatable bonds is 10. The van der Waals surface area contributed by atoms with Gasteiger partial charge in [0.15, 0.2) is 0 Å². The molecule has 0 aliphatic heterocycles. The number of hydrogen-bond acceptors (Lipinski definition) is 5. The number of carboxylic acids is 1. The van der Waals surface area contributed by atoms with E-state index in [9.17, 15) is 9.90 Å². The number of nitrogens with two attached hydrogens (primary N) is 3. The van der Waals surface area contributed by atoms with Crippen molar-refractivity contribution in [2.24, 2.45) is 34.2 Å². The third-order valence-electron chi connectivity index (χ3n) is 4.91. The second-order valence-electron chi connectivity index (χ2n) is 6.81. The molecule has 0 spiro atoms. The largest absolute Gasteiger partial charge is 0.481 e. The molecular formula is C21H29N5O2. The highest BCUT2D eigenvalue weighted by molar-refractivity contribution is 5.87. The molecule has 0 saturated carbocycles. The zero-order valence-electron chi connectivity index (χ0n) is 16.1. The summed E-state index contributed by atoms with van der Waals surface area (Å²) >= 11 is 0. The zero-order chi connectivity index (χ0) is 20.5. The molecule has 0 aliphatic rings. The van der Waals surface area contributed by atoms with Crippen molar-refractivity contribution in [3.63, 3.8) is 0 Å². The Balaban J connectivity index is 2.23. The van der Waals surface area contributed by atoms with E-state index in [1.54, 1.807) is 0 Å². The van der Waals surface area contributed by atoms with Crippen LogP contribution in [0.25, 0.3) is 11.1 Å². The second-order valence-corrected chi connectivity index (χ2v) is 6.81. The molecule has 8 N–H and O–H groups in total. The Morgan fingerprint density at radius 1 is 1.04 bits per heavy atom. The Labute approximate surface area is 165 Å². The van der Waals surface area contributed by atoms with E-state index in [0.29, 0.717) is 19.4 Å². The van der Waals surface area contributed by atoms with Crippen LogP contribution in [0.2, 0.25) is 0 Å². The molecule has 0 bridgehead atoms. The summed E-state index contributed by atoms with van der Waals surface area (Å²) in [5.74, 6) is 3.50. The van der Waals surface area contributed by atoms with Gasteiger partial charge < -0.3 is 16.6 Å². The van der Waals surface area contributed by atoms with E-state index < -0.39 is 17.8 Å². The Morgan fingerprint density at radius 2 is 1.57 bits per heavy atom. The van der Waals surface area contributed by atoms with E-state index in [-0.39, 0.29) is 5.84 Å². The van der Waals surface area contributed by atoms with E-state index in [4.69, 9.17) is 17.3 Å². The fourth-order valence-electron chi connectivity index (χ4n) is 3.34. The summed E-state index contributed by atoms with van der Waals surface area (Å²) in [6.07, 6.45) is 1.74. The van der Waals surface area contributed by atoms with Crippen molar-refractivity contribution in [3.8, 4) is 11.1 Å². The van der Waals surface area contributed by atoms with Gasteiger partial charge in [-0.15, -0.1) is 0 Å². The number of carboxylic acid groups (broad SMARTS) is 1. The number of hydrazone groups is 1. The minimum absolute atomic E-state index is 0.199. The maximum absolute atomic E-state index is 11.8. The molecule has 0 amide bonds. The maximum Gasteiger partial charge on any atom is 0.307 e. The number of amidine groups is 1. The van der Waals surface area contributed by atoms with Crippen molar-refractivity contribution in [1.82, 2.24) is 5.53 Å². The van der Waals surface area contributed by atoms with Crippen LogP contribution in [0.3, 0.4) is 0 Å². The van der Waals surface area contributed by atoms with E-state index in [2.05, 4.69) is 10.6 Å². The lowest BCUT2D eigenvalue weighted by Gasteiger charge is -2.23. The van der Waals surface area contributed by atoms with Gasteiger partial charge in [0.25, 0.3) is 0 Å². The molecule has 2 aromatic carbocycles. The van der Waals surface area contributed by atoms with Gasteiger partial charge in [0.2, 0.25) is 0 Å². The Kier molecular flexibility index (Phi) is 7.98. The van der Waals surface area contributed by atoms with Crippen LogP contribution >= 0.6 is 0 Å². The van der Waals surface area contributed by atoms with Gasteiger partial charge in [-0.3, -0.25) is 4.79 Å². The average Bonchev–Trinajstić information content (AvgIpc) is 2.71. The van der Waals surface area contributed by atoms with Crippen LogP contribution < -0.4 is 22.8 Å². The molecule has 7 nitrogen and oxygen atoms in total. The van der Waals surface area contributed by atoms with Gasteiger partial charge in [0, 0.05) is 12.5 Å². The number of benzene rings is 2. The zero-order valence-corrected chi connectivity index (χ0v) is 16.1. The summed E-state index contributed by atoms with van der Waals surface area (Å²) in [6, 6.07) is 16.1. The first kappa shape index (κ1) is 21.4. The molecule has 2 atom stereocenters. The van der Waals surface area contributed by atoms with Crippen molar-refractivity contribution in [1.29, 1.82) is 0 Å². The van der Waals surface area contributed by atoms with E-state index in [1.165, 1.54) is 0 Å². The molecule has 2 aromatic rings. The number of carbonyl (C=O) groups is 1. The smallest absolute Gasteiger partial charge is 0.307 e. The van der Waals surface area contributed by atoms with Crippen molar-refractivity contribution >= 4 is 11.8 Å². The highest BCUT2D eigenvalue weighted by Gasteiger charge is 2.30. The Morgan fingerprint density at radius 3 is 2.00 bits per heavy atom. The van der Waals surface area contributed by atoms with Crippen molar-refractivity contribution in [3.05, 3.63) is 59.7 Å². The number of nitrogens with one attached hydrogen (secondary N) is 1. The Bertz CT molecular complexity index is 787. The minimum Gasteiger partial charge on any atom is -0.481 e. The number of hydrogen-bond donors (Lipinski definition) is 5. The first-order valence-electron chi connectivity index (χ1n) is 9.39. The summed E-state index contributed by atoms with van der Waals surface area (Å²) in [4.78, 5) is 11.8. The fourth-order valence-corrected chi connectivity index (χ4v) is 3.34. The molecule has 0 radical (unpaired) electrons. The summed E-state index contributed by atoms with van der Waals surface area (Å²) < 4.78 is 0. The molecule has 0 aromatic heterocycles. The molecule has 0 unspecified atom stereocenters. The Hall–Kier alpha value is -2.90. The van der Waals surface area contributed by atoms with Gasteiger partial charge in [-0.25, -0.2) is 11.4 Å². The number of nitrogens with zero attached hydrogens (tertiary/aromatic N) is 1. The van der Waals surface area contributed by atoms with Crippen LogP contribution in [0.15, 0.2) is 53.6 Å². The first-order chi connectivity index (χ1) is 13.5. The number of aliphatic carboxylic acids is 1. The molecule has 0 aliphatic carbocycles. The minimum atomic E-state index is -0.876. The molecule has 28 heavy (non-hydrogen) atoms. The van der Waals surface area contributed by atoms with Crippen molar-refractivity contribution in [2.75, 3.05) is 0 Å². The van der Waals surface area contributed by atoms with Crippen LogP contribution in [0.4, 0.5) is 0 Å². The summed E-state index contributed by atoms with van der Waals surface area (Å²) in [5.41, 5.74) is 18.1. The molecule has 0 heterocycles. The van der Waals surface area contributed by atoms with E-state index in [0.717, 1.165) is 28.7 Å². The lowest BCUT2D eigenvalue weighted by atomic mass is 9.83. The van der Waals surface area contributed by atoms with Gasteiger partial charge in [0.1, 0.15) is 5.84 Å². The highest BCUT2D eigenvalue weighted by Crippen LogP contribution is 2.25. The fraction of sp³-hybridized carbons (Fsp3) is 0.333. The van der Waals surface area contributed by atoms with Gasteiger partial charge in [-0.2, -0.15) is 5.10 Å². The predicted molar refractivity (Wildman–Crippen MR) is 112 cm³/mol. The normalized spacial score (nSPS) is 13.8. The average molecular weight is 383 g/mol. The summed E-state index contributed by atoms with van der Waals surface area (Å²) in [7, 11) is 0. The van der Waals surface area contributed by atoms with Crippen LogP contribution in [0.1, 0.15) is 30.9 Å². The first-order valence-corrected chi connectivity index (χ1v) is 9.39. The third kappa shape index (κ3) is 5.55. The maximum atomic E-state index is 11.8. The van der Waals surface area contributed by atoms with E-state index in [1.807, 2.05) is 55.5 Å². The molecule has 0 fully saturated rings. The summed E-state index contributed by atoms with van der Waals surface area (Å²) in [5, 5.41) is 13.5. The quantitative estimate of drug-likeness (QED) is 0.184. The van der Waals surface area contributed by atoms with Crippen LogP contribution in [0, 0.1) is 11.8 Å². The lowest BCUT2D eigenvalue weighted by Crippen LogP contribution is -2.38. The third-order valence-corrected chi connectivity index (χ3v) is 4.91. The summed E-state index contributed by atoms with van der Waals surface area (Å²) in [6.45, 7) is 2.47. The van der Waals surface area contributed by atoms with Gasteiger partial charge in [0.05, 0.1) is 5.92 Å². The van der Waals surface area contributed by atoms with E-state index >= 15 is 0 Å². The standard InChI is InChI=1S/C21H29N5O2/c1-2-3-18(21(27)28)19(20(23)25-26-24)12-14-4-8-16(9-5-14)17-10-6-15(13-22)7-11-17/h4-11,18-19,26H,2-3,12-13,22,24H2,1H3,(H2,23,25)(H,27,28)/t18-,19-/m0/s1. The predicted octanol–water partition coefficient (Wildman–Crippen LogP) is 2.21. The van der Waals surface area contributed by atoms with Crippen molar-refractivity contribution in [2.45, 2.75) is 32.7 Å². The van der Waals surface area contributed by atoms with Gasteiger partial charge in [-0.1, -0.05) is 61.9 Å². The second kappa shape index (κ2) is 10.4. The van der Waals surface area contributed by atoms with Crippen LogP contribution in [0.5, 0.6) is 0 Å². The van der Waals surface area contributed by atoms with Crippen LogP contribution in [-0.2, 0) is 17.8 Å². The SMILES string of the molecule is CCC[C@H](C(=O)O)[C@H](Cc1ccc(-c2ccc(CN)cc2)cc1)/C(N)=N/NN. The highest BCUT2D eigenvalue weighted by atomic mass is 16.4. The molecular weight excluding hydrogens is 354 g/mol. The molecule has 2 rings (SSSR count). The number of hydrazine groups is 1. The monoisotopic (exact) mass is 383 g/mol. The lowest BCUT2D eigenvalue weighted by molar-refractivity contribution is -0.143. The van der Waals surface area contributed by atoms with Gasteiger partial charge in [-0.05, 0) is 35.1 Å². The molecule has 0 saturated heterocycles. The topological polar surface area (TPSA) is 140 Å². The van der Waals surface area contributed by atoms with Crippen molar-refractivity contribution < 1.29 is 9.90 Å². The van der Waals surface area contributed by atoms with Crippen LogP contribution in [-0.4, -0.2) is 16.9 Å². The van der Waals surface area contributed by atoms with Gasteiger partial charge >= 0.3 is 5.97 Å².